The Morgan fingerprint density at radius 1 is 1.31 bits per heavy atom. The van der Waals surface area contributed by atoms with Gasteiger partial charge in [-0.1, -0.05) is 12.1 Å². The molecule has 0 fully saturated rings. The number of hydrogen-bond donors (Lipinski definition) is 2. The van der Waals surface area contributed by atoms with Crippen LogP contribution in [0.4, 0.5) is 0 Å². The van der Waals surface area contributed by atoms with Gasteiger partial charge in [-0.3, -0.25) is 0 Å². The number of rotatable bonds is 7. The molecule has 0 aliphatic heterocycles. The average molecular weight is 239 g/mol. The van der Waals surface area contributed by atoms with Gasteiger partial charge in [-0.05, 0) is 55.8 Å². The smallest absolute Gasteiger partial charge is 0.121 e. The average Bonchev–Trinajstić information content (AvgIpc) is 2.29. The highest BCUT2D eigenvalue weighted by molar-refractivity contribution is 7.80. The summed E-state index contributed by atoms with van der Waals surface area (Å²) in [5.74, 6) is 1.92. The number of nitrogens with one attached hydrogen (secondary N) is 1. The predicted molar refractivity (Wildman–Crippen MR) is 72.8 cm³/mol. The molecule has 1 aromatic rings. The maximum Gasteiger partial charge on any atom is 0.121 e. The molecule has 0 unspecified atom stereocenters. The molecule has 0 amide bonds. The Balaban J connectivity index is 2.34. The second kappa shape index (κ2) is 7.58. The molecule has 0 radical (unpaired) electrons. The van der Waals surface area contributed by atoms with Crippen LogP contribution in [0, 0.1) is 6.92 Å². The fourth-order valence-corrected chi connectivity index (χ4v) is 1.82. The third-order valence-electron chi connectivity index (χ3n) is 2.56. The second-order valence-electron chi connectivity index (χ2n) is 3.88. The van der Waals surface area contributed by atoms with Crippen molar-refractivity contribution in [1.29, 1.82) is 0 Å². The van der Waals surface area contributed by atoms with Crippen molar-refractivity contribution >= 4 is 12.6 Å². The minimum atomic E-state index is 0.953. The van der Waals surface area contributed by atoms with Crippen LogP contribution >= 0.6 is 12.6 Å². The predicted octanol–water partition coefficient (Wildman–Crippen LogP) is 2.46. The summed E-state index contributed by atoms with van der Waals surface area (Å²) in [4.78, 5) is 0. The summed E-state index contributed by atoms with van der Waals surface area (Å²) in [5, 5.41) is 3.40. The number of benzene rings is 1. The Labute approximate surface area is 104 Å². The van der Waals surface area contributed by atoms with Crippen LogP contribution in [0.2, 0.25) is 0 Å². The SMILES string of the molecule is COc1ccc(CCNCCCS)cc1C. The van der Waals surface area contributed by atoms with E-state index in [1.165, 1.54) is 11.1 Å². The molecule has 90 valence electrons. The summed E-state index contributed by atoms with van der Waals surface area (Å²) < 4.78 is 5.23. The normalized spacial score (nSPS) is 10.4. The van der Waals surface area contributed by atoms with Crippen molar-refractivity contribution in [3.8, 4) is 5.75 Å². The fourth-order valence-electron chi connectivity index (χ4n) is 1.66. The van der Waals surface area contributed by atoms with Gasteiger partial charge < -0.3 is 10.1 Å². The van der Waals surface area contributed by atoms with E-state index in [0.717, 1.165) is 37.4 Å². The lowest BCUT2D eigenvalue weighted by Crippen LogP contribution is -2.18. The molecule has 0 saturated carbocycles. The first-order valence-corrected chi connectivity index (χ1v) is 6.36. The molecule has 1 rings (SSSR count). The van der Waals surface area contributed by atoms with Crippen LogP contribution in [0.15, 0.2) is 18.2 Å². The molecule has 1 aromatic carbocycles. The molecule has 2 nitrogen and oxygen atoms in total. The van der Waals surface area contributed by atoms with Gasteiger partial charge >= 0.3 is 0 Å². The highest BCUT2D eigenvalue weighted by Gasteiger charge is 1.99. The van der Waals surface area contributed by atoms with Gasteiger partial charge in [-0.25, -0.2) is 0 Å². The molecule has 1 N–H and O–H groups in total. The Bertz CT molecular complexity index is 315. The summed E-state index contributed by atoms with van der Waals surface area (Å²) in [6.07, 6.45) is 2.20. The number of aryl methyl sites for hydroxylation is 1. The summed E-state index contributed by atoms with van der Waals surface area (Å²) in [6.45, 7) is 4.16. The van der Waals surface area contributed by atoms with Crippen LogP contribution in [0.25, 0.3) is 0 Å². The van der Waals surface area contributed by atoms with Gasteiger partial charge in [0, 0.05) is 0 Å². The first kappa shape index (κ1) is 13.4. The number of thiol groups is 1. The lowest BCUT2D eigenvalue weighted by Gasteiger charge is -2.08. The van der Waals surface area contributed by atoms with Crippen molar-refractivity contribution in [3.63, 3.8) is 0 Å². The molecular formula is C13H21NOS. The minimum absolute atomic E-state index is 0.953. The van der Waals surface area contributed by atoms with E-state index in [4.69, 9.17) is 4.74 Å². The highest BCUT2D eigenvalue weighted by atomic mass is 32.1. The van der Waals surface area contributed by atoms with Gasteiger partial charge in [0.1, 0.15) is 5.75 Å². The van der Waals surface area contributed by atoms with Crippen LogP contribution < -0.4 is 10.1 Å². The first-order valence-electron chi connectivity index (χ1n) is 5.73. The van der Waals surface area contributed by atoms with Crippen molar-refractivity contribution in [1.82, 2.24) is 5.32 Å². The van der Waals surface area contributed by atoms with E-state index in [0.29, 0.717) is 0 Å². The Morgan fingerprint density at radius 2 is 2.12 bits per heavy atom. The largest absolute Gasteiger partial charge is 0.496 e. The Hall–Kier alpha value is -0.670. The molecule has 16 heavy (non-hydrogen) atoms. The van der Waals surface area contributed by atoms with Crippen LogP contribution in [0.5, 0.6) is 5.75 Å². The van der Waals surface area contributed by atoms with Crippen molar-refractivity contribution in [2.45, 2.75) is 19.8 Å². The summed E-state index contributed by atoms with van der Waals surface area (Å²) in [5.41, 5.74) is 2.56. The van der Waals surface area contributed by atoms with E-state index >= 15 is 0 Å². The topological polar surface area (TPSA) is 21.3 Å². The van der Waals surface area contributed by atoms with E-state index in [-0.39, 0.29) is 0 Å². The van der Waals surface area contributed by atoms with E-state index in [1.54, 1.807) is 7.11 Å². The molecule has 0 bridgehead atoms. The van der Waals surface area contributed by atoms with Crippen LogP contribution in [-0.2, 0) is 6.42 Å². The number of ether oxygens (including phenoxy) is 1. The molecule has 0 heterocycles. The molecule has 0 spiro atoms. The zero-order chi connectivity index (χ0) is 11.8. The van der Waals surface area contributed by atoms with Crippen molar-refractivity contribution in [2.24, 2.45) is 0 Å². The molecular weight excluding hydrogens is 218 g/mol. The quantitative estimate of drug-likeness (QED) is 0.563. The number of hydrogen-bond acceptors (Lipinski definition) is 3. The third-order valence-corrected chi connectivity index (χ3v) is 2.88. The van der Waals surface area contributed by atoms with Crippen molar-refractivity contribution in [3.05, 3.63) is 29.3 Å². The molecule has 0 aromatic heterocycles. The third kappa shape index (κ3) is 4.45. The highest BCUT2D eigenvalue weighted by Crippen LogP contribution is 2.18. The Kier molecular flexibility index (Phi) is 6.34. The van der Waals surface area contributed by atoms with E-state index < -0.39 is 0 Å². The summed E-state index contributed by atoms with van der Waals surface area (Å²) in [6, 6.07) is 6.36. The fraction of sp³-hybridized carbons (Fsp3) is 0.538. The Morgan fingerprint density at radius 3 is 2.75 bits per heavy atom. The van der Waals surface area contributed by atoms with Gasteiger partial charge in [-0.15, -0.1) is 0 Å². The lowest BCUT2D eigenvalue weighted by molar-refractivity contribution is 0.411. The van der Waals surface area contributed by atoms with Gasteiger partial charge in [0.15, 0.2) is 0 Å². The second-order valence-corrected chi connectivity index (χ2v) is 4.33. The van der Waals surface area contributed by atoms with E-state index in [9.17, 15) is 0 Å². The van der Waals surface area contributed by atoms with Crippen LogP contribution in [0.1, 0.15) is 17.5 Å². The van der Waals surface area contributed by atoms with Crippen LogP contribution in [-0.4, -0.2) is 26.0 Å². The monoisotopic (exact) mass is 239 g/mol. The molecule has 0 saturated heterocycles. The minimum Gasteiger partial charge on any atom is -0.496 e. The lowest BCUT2D eigenvalue weighted by atomic mass is 10.1. The maximum atomic E-state index is 5.23. The van der Waals surface area contributed by atoms with E-state index in [1.807, 2.05) is 6.07 Å². The van der Waals surface area contributed by atoms with Gasteiger partial charge in [-0.2, -0.15) is 12.6 Å². The first-order chi connectivity index (χ1) is 7.77. The summed E-state index contributed by atoms with van der Waals surface area (Å²) in [7, 11) is 1.71. The van der Waals surface area contributed by atoms with Crippen molar-refractivity contribution in [2.75, 3.05) is 26.0 Å². The molecule has 3 heteroatoms. The van der Waals surface area contributed by atoms with Crippen molar-refractivity contribution < 1.29 is 4.74 Å². The molecule has 0 aliphatic carbocycles. The zero-order valence-electron chi connectivity index (χ0n) is 10.1. The molecule has 0 atom stereocenters. The standard InChI is InChI=1S/C13H21NOS/c1-11-10-12(4-5-13(11)15-2)6-8-14-7-3-9-16/h4-5,10,14,16H,3,6-9H2,1-2H3. The van der Waals surface area contributed by atoms with Crippen LogP contribution in [0.3, 0.4) is 0 Å². The van der Waals surface area contributed by atoms with Gasteiger partial charge in [0.05, 0.1) is 7.11 Å². The van der Waals surface area contributed by atoms with E-state index in [2.05, 4.69) is 37.0 Å². The molecule has 0 aliphatic rings. The number of methoxy groups -OCH3 is 1. The summed E-state index contributed by atoms with van der Waals surface area (Å²) >= 11 is 4.17. The maximum absolute atomic E-state index is 5.23. The zero-order valence-corrected chi connectivity index (χ0v) is 11.0. The van der Waals surface area contributed by atoms with Gasteiger partial charge in [0.25, 0.3) is 0 Å². The van der Waals surface area contributed by atoms with Gasteiger partial charge in [0.2, 0.25) is 0 Å².